The highest BCUT2D eigenvalue weighted by atomic mass is 35.5. The van der Waals surface area contributed by atoms with Gasteiger partial charge in [-0.25, -0.2) is 4.98 Å². The first-order valence-electron chi connectivity index (χ1n) is 12.0. The Bertz CT molecular complexity index is 1210. The molecule has 7 nitrogen and oxygen atoms in total. The molecule has 0 atom stereocenters. The second kappa shape index (κ2) is 9.76. The van der Waals surface area contributed by atoms with Crippen molar-refractivity contribution < 1.29 is 9.59 Å². The molecular weight excluding hydrogens is 450 g/mol. The van der Waals surface area contributed by atoms with E-state index in [9.17, 15) is 9.59 Å². The molecule has 0 aliphatic carbocycles. The number of amides is 2. The standard InChI is InChI=1S/C26H30ClN5O2/c1-29-23-8-7-20(26(34)32-9-2-3-10-32)17-22(23)28-24(29)18-30-11-13-31(14-12-30)25(33)16-19-5-4-6-21(27)15-19/h4-8,15,17H,2-3,9-14,16,18H2,1H3. The molecule has 3 aromatic rings. The van der Waals surface area contributed by atoms with Crippen LogP contribution in [0.15, 0.2) is 42.5 Å². The molecule has 178 valence electrons. The Kier molecular flexibility index (Phi) is 6.57. The van der Waals surface area contributed by atoms with Gasteiger partial charge in [0.15, 0.2) is 0 Å². The van der Waals surface area contributed by atoms with Crippen LogP contribution in [0.5, 0.6) is 0 Å². The van der Waals surface area contributed by atoms with E-state index in [1.54, 1.807) is 0 Å². The van der Waals surface area contributed by atoms with Gasteiger partial charge in [0.1, 0.15) is 5.82 Å². The molecule has 0 bridgehead atoms. The Balaban J connectivity index is 1.20. The number of nitrogens with zero attached hydrogens (tertiary/aromatic N) is 5. The van der Waals surface area contributed by atoms with Crippen molar-refractivity contribution in [2.45, 2.75) is 25.8 Å². The van der Waals surface area contributed by atoms with E-state index >= 15 is 0 Å². The third kappa shape index (κ3) is 4.81. The van der Waals surface area contributed by atoms with Gasteiger partial charge in [-0.3, -0.25) is 14.5 Å². The minimum Gasteiger partial charge on any atom is -0.340 e. The van der Waals surface area contributed by atoms with Crippen molar-refractivity contribution in [2.24, 2.45) is 7.05 Å². The van der Waals surface area contributed by atoms with Gasteiger partial charge >= 0.3 is 0 Å². The number of imidazole rings is 1. The predicted octanol–water partition coefficient (Wildman–Crippen LogP) is 3.35. The summed E-state index contributed by atoms with van der Waals surface area (Å²) in [6.45, 7) is 5.44. The van der Waals surface area contributed by atoms with E-state index in [1.807, 2.05) is 59.3 Å². The highest BCUT2D eigenvalue weighted by Gasteiger charge is 2.24. The number of carbonyl (C=O) groups is 2. The third-order valence-corrected chi connectivity index (χ3v) is 7.18. The van der Waals surface area contributed by atoms with Crippen LogP contribution >= 0.6 is 11.6 Å². The van der Waals surface area contributed by atoms with E-state index < -0.39 is 0 Å². The Morgan fingerprint density at radius 1 is 0.941 bits per heavy atom. The molecule has 2 aromatic carbocycles. The number of rotatable bonds is 5. The van der Waals surface area contributed by atoms with Crippen LogP contribution in [-0.4, -0.2) is 75.3 Å². The molecule has 3 heterocycles. The van der Waals surface area contributed by atoms with Gasteiger partial charge in [-0.2, -0.15) is 0 Å². The monoisotopic (exact) mass is 479 g/mol. The highest BCUT2D eigenvalue weighted by Crippen LogP contribution is 2.21. The molecule has 2 saturated heterocycles. The topological polar surface area (TPSA) is 61.7 Å². The first kappa shape index (κ1) is 22.9. The van der Waals surface area contributed by atoms with E-state index in [0.717, 1.165) is 68.0 Å². The number of hydrogen-bond acceptors (Lipinski definition) is 4. The zero-order chi connectivity index (χ0) is 23.7. The molecule has 2 fully saturated rings. The number of aryl methyl sites for hydroxylation is 1. The highest BCUT2D eigenvalue weighted by molar-refractivity contribution is 6.30. The van der Waals surface area contributed by atoms with Crippen molar-refractivity contribution in [3.63, 3.8) is 0 Å². The molecule has 8 heteroatoms. The van der Waals surface area contributed by atoms with Crippen LogP contribution in [0.25, 0.3) is 11.0 Å². The summed E-state index contributed by atoms with van der Waals surface area (Å²) in [7, 11) is 2.03. The summed E-state index contributed by atoms with van der Waals surface area (Å²) in [5, 5.41) is 0.658. The van der Waals surface area contributed by atoms with Crippen LogP contribution in [0.4, 0.5) is 0 Å². The summed E-state index contributed by atoms with van der Waals surface area (Å²) in [5.74, 6) is 1.21. The van der Waals surface area contributed by atoms with E-state index in [4.69, 9.17) is 16.6 Å². The van der Waals surface area contributed by atoms with E-state index in [1.165, 1.54) is 0 Å². The number of fused-ring (bicyclic) bond motifs is 1. The zero-order valence-electron chi connectivity index (χ0n) is 19.5. The number of piperazine rings is 1. The van der Waals surface area contributed by atoms with Crippen LogP contribution in [-0.2, 0) is 24.8 Å². The Hall–Kier alpha value is -2.90. The molecule has 0 radical (unpaired) electrons. The quantitative estimate of drug-likeness (QED) is 0.563. The van der Waals surface area contributed by atoms with Crippen molar-refractivity contribution >= 4 is 34.4 Å². The van der Waals surface area contributed by atoms with Gasteiger partial charge in [-0.05, 0) is 48.7 Å². The predicted molar refractivity (Wildman–Crippen MR) is 133 cm³/mol. The normalized spacial score (nSPS) is 17.0. The lowest BCUT2D eigenvalue weighted by atomic mass is 10.1. The van der Waals surface area contributed by atoms with Crippen molar-refractivity contribution in [3.8, 4) is 0 Å². The number of hydrogen-bond donors (Lipinski definition) is 0. The van der Waals surface area contributed by atoms with Crippen LogP contribution in [0.3, 0.4) is 0 Å². The molecule has 2 aliphatic rings. The van der Waals surface area contributed by atoms with Gasteiger partial charge in [-0.1, -0.05) is 23.7 Å². The summed E-state index contributed by atoms with van der Waals surface area (Å²) in [6, 6.07) is 13.3. The fourth-order valence-electron chi connectivity index (χ4n) is 4.92. The second-order valence-corrected chi connectivity index (χ2v) is 9.69. The lowest BCUT2D eigenvalue weighted by Crippen LogP contribution is -2.48. The second-order valence-electron chi connectivity index (χ2n) is 9.25. The molecule has 34 heavy (non-hydrogen) atoms. The largest absolute Gasteiger partial charge is 0.340 e. The first-order valence-corrected chi connectivity index (χ1v) is 12.3. The Labute approximate surface area is 204 Å². The van der Waals surface area contributed by atoms with Crippen molar-refractivity contribution in [1.29, 1.82) is 0 Å². The fourth-order valence-corrected chi connectivity index (χ4v) is 5.13. The Morgan fingerprint density at radius 2 is 1.71 bits per heavy atom. The molecule has 0 N–H and O–H groups in total. The maximum absolute atomic E-state index is 12.8. The van der Waals surface area contributed by atoms with E-state index in [0.29, 0.717) is 30.1 Å². The minimum atomic E-state index is 0.102. The van der Waals surface area contributed by atoms with Gasteiger partial charge in [-0.15, -0.1) is 0 Å². The van der Waals surface area contributed by atoms with Crippen molar-refractivity contribution in [3.05, 3.63) is 64.4 Å². The molecule has 2 amide bonds. The molecule has 1 aromatic heterocycles. The maximum atomic E-state index is 12.8. The van der Waals surface area contributed by atoms with E-state index in [-0.39, 0.29) is 11.8 Å². The number of benzene rings is 2. The molecule has 5 rings (SSSR count). The third-order valence-electron chi connectivity index (χ3n) is 6.95. The van der Waals surface area contributed by atoms with Gasteiger partial charge in [0.2, 0.25) is 5.91 Å². The number of halogens is 1. The molecule has 0 saturated carbocycles. The molecule has 0 unspecified atom stereocenters. The SMILES string of the molecule is Cn1c(CN2CCN(C(=O)Cc3cccc(Cl)c3)CC2)nc2cc(C(=O)N3CCCC3)ccc21. The Morgan fingerprint density at radius 3 is 2.44 bits per heavy atom. The van der Waals surface area contributed by atoms with Crippen LogP contribution < -0.4 is 0 Å². The van der Waals surface area contributed by atoms with Gasteiger partial charge < -0.3 is 14.4 Å². The fraction of sp³-hybridized carbons (Fsp3) is 0.423. The molecular formula is C26H30ClN5O2. The summed E-state index contributed by atoms with van der Waals surface area (Å²) < 4.78 is 2.11. The van der Waals surface area contributed by atoms with Gasteiger partial charge in [0.25, 0.3) is 5.91 Å². The van der Waals surface area contributed by atoms with Gasteiger partial charge in [0, 0.05) is 56.9 Å². The van der Waals surface area contributed by atoms with E-state index in [2.05, 4.69) is 9.47 Å². The van der Waals surface area contributed by atoms with Crippen molar-refractivity contribution in [1.82, 2.24) is 24.3 Å². The van der Waals surface area contributed by atoms with Crippen molar-refractivity contribution in [2.75, 3.05) is 39.3 Å². The summed E-state index contributed by atoms with van der Waals surface area (Å²) >= 11 is 6.05. The number of likely N-dealkylation sites (tertiary alicyclic amines) is 1. The van der Waals surface area contributed by atoms with Gasteiger partial charge in [0.05, 0.1) is 24.0 Å². The number of carbonyl (C=O) groups excluding carboxylic acids is 2. The maximum Gasteiger partial charge on any atom is 0.253 e. The average Bonchev–Trinajstić information content (AvgIpc) is 3.48. The summed E-state index contributed by atoms with van der Waals surface area (Å²) in [4.78, 5) is 36.5. The van der Waals surface area contributed by atoms with Crippen LogP contribution in [0.2, 0.25) is 5.02 Å². The minimum absolute atomic E-state index is 0.102. The first-order chi connectivity index (χ1) is 16.5. The lowest BCUT2D eigenvalue weighted by Gasteiger charge is -2.34. The zero-order valence-corrected chi connectivity index (χ0v) is 20.3. The van der Waals surface area contributed by atoms with Crippen LogP contribution in [0, 0.1) is 0 Å². The molecule has 0 spiro atoms. The molecule has 2 aliphatic heterocycles. The number of aromatic nitrogens is 2. The summed E-state index contributed by atoms with van der Waals surface area (Å²) in [6.07, 6.45) is 2.55. The van der Waals surface area contributed by atoms with Crippen LogP contribution in [0.1, 0.15) is 34.6 Å². The smallest absolute Gasteiger partial charge is 0.253 e. The average molecular weight is 480 g/mol. The lowest BCUT2D eigenvalue weighted by molar-refractivity contribution is -0.132. The summed E-state index contributed by atoms with van der Waals surface area (Å²) in [5.41, 5.74) is 3.55.